The lowest BCUT2D eigenvalue weighted by molar-refractivity contribution is -0.0608. The molecular formula is C18H19NO4. The summed E-state index contributed by atoms with van der Waals surface area (Å²) in [7, 11) is 0. The maximum absolute atomic E-state index is 11.2. The van der Waals surface area contributed by atoms with E-state index in [4.69, 9.17) is 9.47 Å². The van der Waals surface area contributed by atoms with Crippen LogP contribution in [0.4, 0.5) is 4.79 Å². The summed E-state index contributed by atoms with van der Waals surface area (Å²) in [5.41, 5.74) is 1.88. The number of ether oxygens (including phenoxy) is 2. The number of hydrogen-bond acceptors (Lipinski definition) is 4. The predicted molar refractivity (Wildman–Crippen MR) is 84.7 cm³/mol. The molecule has 0 saturated carbocycles. The van der Waals surface area contributed by atoms with Crippen LogP contribution in [-0.4, -0.2) is 30.0 Å². The molecule has 3 rings (SSSR count). The lowest BCUT2D eigenvalue weighted by atomic mass is 9.99. The van der Waals surface area contributed by atoms with Crippen molar-refractivity contribution in [2.45, 2.75) is 24.9 Å². The number of carbonyl (C=O) groups is 1. The Balaban J connectivity index is 1.75. The van der Waals surface area contributed by atoms with E-state index < -0.39 is 24.3 Å². The minimum absolute atomic E-state index is 0.137. The number of rotatable bonds is 6. The zero-order valence-electron chi connectivity index (χ0n) is 12.6. The number of nitrogens with one attached hydrogen (secondary N) is 1. The first-order valence-corrected chi connectivity index (χ1v) is 7.56. The molecule has 2 aromatic rings. The van der Waals surface area contributed by atoms with Crippen LogP contribution in [0.2, 0.25) is 0 Å². The molecule has 5 heteroatoms. The fourth-order valence-electron chi connectivity index (χ4n) is 2.59. The fraction of sp³-hybridized carbons (Fsp3) is 0.278. The molecule has 5 nitrogen and oxygen atoms in total. The Bertz CT molecular complexity index is 632. The van der Waals surface area contributed by atoms with Gasteiger partial charge in [-0.3, -0.25) is 0 Å². The third-order valence-corrected chi connectivity index (χ3v) is 3.82. The second-order valence-corrected chi connectivity index (χ2v) is 5.47. The molecule has 0 spiro atoms. The van der Waals surface area contributed by atoms with Crippen molar-refractivity contribution in [2.75, 3.05) is 6.61 Å². The zero-order chi connectivity index (χ0) is 16.1. The topological polar surface area (TPSA) is 67.8 Å². The quantitative estimate of drug-likeness (QED) is 0.859. The highest BCUT2D eigenvalue weighted by Gasteiger charge is 2.35. The first kappa shape index (κ1) is 15.5. The van der Waals surface area contributed by atoms with E-state index in [-0.39, 0.29) is 6.61 Å². The van der Waals surface area contributed by atoms with Crippen molar-refractivity contribution in [3.05, 3.63) is 71.8 Å². The molecule has 1 amide bonds. The molecule has 0 unspecified atom stereocenters. The number of amides is 1. The van der Waals surface area contributed by atoms with E-state index in [9.17, 15) is 9.90 Å². The van der Waals surface area contributed by atoms with E-state index in [2.05, 4.69) is 5.32 Å². The number of aliphatic hydroxyl groups is 1. The standard InChI is InChI=1S/C18H19NO4/c20-16(15-12-23-18(21)19-15)17(14-9-5-2-6-10-14)22-11-13-7-3-1-4-8-13/h1-10,15-17,20H,11-12H2,(H,19,21)/t15-,16+,17-/m1/s1. The van der Waals surface area contributed by atoms with Gasteiger partial charge in [0.2, 0.25) is 0 Å². The summed E-state index contributed by atoms with van der Waals surface area (Å²) in [5.74, 6) is 0. The van der Waals surface area contributed by atoms with Gasteiger partial charge in [-0.2, -0.15) is 0 Å². The summed E-state index contributed by atoms with van der Waals surface area (Å²) in [5, 5.41) is 13.2. The van der Waals surface area contributed by atoms with Crippen LogP contribution in [0.1, 0.15) is 17.2 Å². The highest BCUT2D eigenvalue weighted by Crippen LogP contribution is 2.26. The highest BCUT2D eigenvalue weighted by atomic mass is 16.6. The van der Waals surface area contributed by atoms with Gasteiger partial charge in [0.05, 0.1) is 12.6 Å². The van der Waals surface area contributed by atoms with Gasteiger partial charge in [0.25, 0.3) is 0 Å². The number of alkyl carbamates (subject to hydrolysis) is 1. The minimum atomic E-state index is -0.896. The molecule has 0 bridgehead atoms. The van der Waals surface area contributed by atoms with Crippen LogP contribution in [0.5, 0.6) is 0 Å². The van der Waals surface area contributed by atoms with Crippen molar-refractivity contribution in [1.82, 2.24) is 5.32 Å². The molecule has 1 fully saturated rings. The van der Waals surface area contributed by atoms with Gasteiger partial charge in [-0.1, -0.05) is 60.7 Å². The molecule has 120 valence electrons. The first-order valence-electron chi connectivity index (χ1n) is 7.56. The Kier molecular flexibility index (Phi) is 4.90. The Hall–Kier alpha value is -2.37. The van der Waals surface area contributed by atoms with Crippen molar-refractivity contribution in [3.8, 4) is 0 Å². The van der Waals surface area contributed by atoms with Gasteiger partial charge in [-0.05, 0) is 11.1 Å². The average molecular weight is 313 g/mol. The van der Waals surface area contributed by atoms with Crippen molar-refractivity contribution < 1.29 is 19.4 Å². The SMILES string of the molecule is O=C1N[C@@H]([C@H](O)[C@H](OCc2ccccc2)c2ccccc2)CO1. The number of carbonyl (C=O) groups excluding carboxylic acids is 1. The monoisotopic (exact) mass is 313 g/mol. The summed E-state index contributed by atoms with van der Waals surface area (Å²) in [4.78, 5) is 11.2. The van der Waals surface area contributed by atoms with Crippen molar-refractivity contribution in [3.63, 3.8) is 0 Å². The number of aliphatic hydroxyl groups excluding tert-OH is 1. The van der Waals surface area contributed by atoms with Crippen LogP contribution < -0.4 is 5.32 Å². The first-order chi connectivity index (χ1) is 11.2. The Morgan fingerprint density at radius 3 is 2.39 bits per heavy atom. The normalized spacial score (nSPS) is 19.7. The smallest absolute Gasteiger partial charge is 0.407 e. The van der Waals surface area contributed by atoms with Gasteiger partial charge >= 0.3 is 6.09 Å². The molecule has 0 aromatic heterocycles. The largest absolute Gasteiger partial charge is 0.447 e. The minimum Gasteiger partial charge on any atom is -0.447 e. The molecule has 0 radical (unpaired) electrons. The average Bonchev–Trinajstić information content (AvgIpc) is 3.03. The highest BCUT2D eigenvalue weighted by molar-refractivity contribution is 5.69. The predicted octanol–water partition coefficient (Wildman–Crippen LogP) is 2.41. The molecule has 2 N–H and O–H groups in total. The molecular weight excluding hydrogens is 294 g/mol. The van der Waals surface area contributed by atoms with E-state index in [0.717, 1.165) is 11.1 Å². The number of hydrogen-bond donors (Lipinski definition) is 2. The van der Waals surface area contributed by atoms with Crippen LogP contribution in [0.25, 0.3) is 0 Å². The fourth-order valence-corrected chi connectivity index (χ4v) is 2.59. The van der Waals surface area contributed by atoms with E-state index in [0.29, 0.717) is 6.61 Å². The molecule has 2 aromatic carbocycles. The van der Waals surface area contributed by atoms with Crippen LogP contribution in [0.15, 0.2) is 60.7 Å². The van der Waals surface area contributed by atoms with E-state index in [1.807, 2.05) is 60.7 Å². The summed E-state index contributed by atoms with van der Waals surface area (Å²) in [6, 6.07) is 18.8. The molecule has 1 aliphatic heterocycles. The third kappa shape index (κ3) is 3.88. The molecule has 3 atom stereocenters. The summed E-state index contributed by atoms with van der Waals surface area (Å²) >= 11 is 0. The zero-order valence-corrected chi connectivity index (χ0v) is 12.6. The van der Waals surface area contributed by atoms with Crippen LogP contribution in [0, 0.1) is 0 Å². The van der Waals surface area contributed by atoms with Gasteiger partial charge in [-0.15, -0.1) is 0 Å². The van der Waals surface area contributed by atoms with E-state index >= 15 is 0 Å². The maximum Gasteiger partial charge on any atom is 0.407 e. The van der Waals surface area contributed by atoms with Gasteiger partial charge in [0.1, 0.15) is 18.8 Å². The van der Waals surface area contributed by atoms with Crippen LogP contribution >= 0.6 is 0 Å². The van der Waals surface area contributed by atoms with Crippen molar-refractivity contribution in [1.29, 1.82) is 0 Å². The second kappa shape index (κ2) is 7.26. The van der Waals surface area contributed by atoms with Crippen molar-refractivity contribution in [2.24, 2.45) is 0 Å². The van der Waals surface area contributed by atoms with Crippen LogP contribution in [0.3, 0.4) is 0 Å². The Morgan fingerprint density at radius 1 is 1.13 bits per heavy atom. The summed E-state index contributed by atoms with van der Waals surface area (Å²) in [6.07, 6.45) is -1.96. The Labute approximate surface area is 134 Å². The molecule has 23 heavy (non-hydrogen) atoms. The third-order valence-electron chi connectivity index (χ3n) is 3.82. The molecule has 1 aliphatic rings. The second-order valence-electron chi connectivity index (χ2n) is 5.47. The molecule has 0 aliphatic carbocycles. The Morgan fingerprint density at radius 2 is 1.78 bits per heavy atom. The van der Waals surface area contributed by atoms with Gasteiger partial charge in [-0.25, -0.2) is 4.79 Å². The molecule has 1 saturated heterocycles. The summed E-state index contributed by atoms with van der Waals surface area (Å²) in [6.45, 7) is 0.511. The van der Waals surface area contributed by atoms with Gasteiger partial charge < -0.3 is 19.9 Å². The lowest BCUT2D eigenvalue weighted by Crippen LogP contribution is -2.42. The molecule has 1 heterocycles. The van der Waals surface area contributed by atoms with E-state index in [1.165, 1.54) is 0 Å². The number of benzene rings is 2. The van der Waals surface area contributed by atoms with Gasteiger partial charge in [0.15, 0.2) is 0 Å². The van der Waals surface area contributed by atoms with Crippen molar-refractivity contribution >= 4 is 6.09 Å². The summed E-state index contributed by atoms with van der Waals surface area (Å²) < 4.78 is 10.8. The van der Waals surface area contributed by atoms with Crippen LogP contribution in [-0.2, 0) is 16.1 Å². The maximum atomic E-state index is 11.2. The lowest BCUT2D eigenvalue weighted by Gasteiger charge is -2.27. The number of cyclic esters (lactones) is 1. The van der Waals surface area contributed by atoms with Gasteiger partial charge in [0, 0.05) is 0 Å². The van der Waals surface area contributed by atoms with E-state index in [1.54, 1.807) is 0 Å².